The standard InChI is InChI=1S/C8H14N2O2/c1-3-4-8(12)10-5-7(9)6(2)11/h6-7,11H,5,9H2,1-2H3,(H,10,12). The van der Waals surface area contributed by atoms with Crippen molar-refractivity contribution in [2.75, 3.05) is 6.54 Å². The number of aliphatic hydroxyl groups is 1. The number of aliphatic hydroxyl groups excluding tert-OH is 1. The molecule has 12 heavy (non-hydrogen) atoms. The van der Waals surface area contributed by atoms with Gasteiger partial charge < -0.3 is 16.2 Å². The highest BCUT2D eigenvalue weighted by Gasteiger charge is 2.09. The van der Waals surface area contributed by atoms with Gasteiger partial charge in [0.05, 0.1) is 6.10 Å². The second-order valence-corrected chi connectivity index (χ2v) is 2.49. The Kier molecular flexibility index (Phi) is 5.09. The Morgan fingerprint density at radius 1 is 1.75 bits per heavy atom. The zero-order valence-corrected chi connectivity index (χ0v) is 7.29. The summed E-state index contributed by atoms with van der Waals surface area (Å²) in [5, 5.41) is 11.4. The highest BCUT2D eigenvalue weighted by Crippen LogP contribution is 1.85. The Bertz CT molecular complexity index is 203. The van der Waals surface area contributed by atoms with Crippen LogP contribution >= 0.6 is 0 Å². The van der Waals surface area contributed by atoms with Crippen LogP contribution in [0, 0.1) is 11.8 Å². The first kappa shape index (κ1) is 11.0. The van der Waals surface area contributed by atoms with E-state index in [1.165, 1.54) is 0 Å². The number of nitrogens with one attached hydrogen (secondary N) is 1. The second kappa shape index (κ2) is 5.58. The Labute approximate surface area is 72.1 Å². The fourth-order valence-electron chi connectivity index (χ4n) is 0.539. The largest absolute Gasteiger partial charge is 0.392 e. The van der Waals surface area contributed by atoms with Gasteiger partial charge >= 0.3 is 0 Å². The number of amides is 1. The van der Waals surface area contributed by atoms with Crippen LogP contribution in [-0.4, -0.2) is 29.7 Å². The summed E-state index contributed by atoms with van der Waals surface area (Å²) in [7, 11) is 0. The average molecular weight is 170 g/mol. The van der Waals surface area contributed by atoms with Crippen molar-refractivity contribution < 1.29 is 9.90 Å². The summed E-state index contributed by atoms with van der Waals surface area (Å²) in [6.45, 7) is 3.39. The summed E-state index contributed by atoms with van der Waals surface area (Å²) in [4.78, 5) is 10.7. The number of hydrogen-bond donors (Lipinski definition) is 3. The lowest BCUT2D eigenvalue weighted by atomic mass is 10.2. The van der Waals surface area contributed by atoms with Crippen LogP contribution in [0.4, 0.5) is 0 Å². The summed E-state index contributed by atoms with van der Waals surface area (Å²) in [5.41, 5.74) is 5.45. The minimum atomic E-state index is -0.625. The molecular weight excluding hydrogens is 156 g/mol. The number of carbonyl (C=O) groups excluding carboxylic acids is 1. The lowest BCUT2D eigenvalue weighted by Gasteiger charge is -2.13. The Morgan fingerprint density at radius 3 is 2.75 bits per heavy atom. The van der Waals surface area contributed by atoms with Gasteiger partial charge in [0, 0.05) is 12.6 Å². The fraction of sp³-hybridized carbons (Fsp3) is 0.625. The molecule has 4 N–H and O–H groups in total. The quantitative estimate of drug-likeness (QED) is 0.467. The maximum absolute atomic E-state index is 10.7. The van der Waals surface area contributed by atoms with Gasteiger partial charge in [-0.05, 0) is 19.8 Å². The van der Waals surface area contributed by atoms with Gasteiger partial charge in [-0.25, -0.2) is 0 Å². The van der Waals surface area contributed by atoms with Crippen molar-refractivity contribution in [2.45, 2.75) is 26.0 Å². The normalized spacial score (nSPS) is 14.0. The Morgan fingerprint density at radius 2 is 2.33 bits per heavy atom. The van der Waals surface area contributed by atoms with Crippen LogP contribution < -0.4 is 11.1 Å². The number of hydrogen-bond acceptors (Lipinski definition) is 3. The van der Waals surface area contributed by atoms with E-state index < -0.39 is 12.1 Å². The first-order valence-electron chi connectivity index (χ1n) is 3.72. The summed E-state index contributed by atoms with van der Waals surface area (Å²) < 4.78 is 0. The molecule has 0 aliphatic carbocycles. The molecule has 0 bridgehead atoms. The van der Waals surface area contributed by atoms with Gasteiger partial charge in [-0.2, -0.15) is 0 Å². The minimum Gasteiger partial charge on any atom is -0.392 e. The molecule has 1 amide bonds. The smallest absolute Gasteiger partial charge is 0.295 e. The zero-order chi connectivity index (χ0) is 9.56. The molecule has 4 nitrogen and oxygen atoms in total. The molecule has 2 atom stereocenters. The number of carbonyl (C=O) groups is 1. The molecule has 0 saturated heterocycles. The average Bonchev–Trinajstić information content (AvgIpc) is 2.00. The molecule has 0 spiro atoms. The van der Waals surface area contributed by atoms with E-state index in [1.807, 2.05) is 0 Å². The second-order valence-electron chi connectivity index (χ2n) is 2.49. The van der Waals surface area contributed by atoms with Crippen LogP contribution in [0.3, 0.4) is 0 Å². The first-order valence-corrected chi connectivity index (χ1v) is 3.72. The molecule has 2 unspecified atom stereocenters. The molecule has 0 aromatic carbocycles. The highest BCUT2D eigenvalue weighted by atomic mass is 16.3. The van der Waals surface area contributed by atoms with Gasteiger partial charge in [0.25, 0.3) is 5.91 Å². The molecule has 0 aliphatic heterocycles. The third-order valence-corrected chi connectivity index (χ3v) is 1.36. The van der Waals surface area contributed by atoms with Crippen LogP contribution in [0.2, 0.25) is 0 Å². The highest BCUT2D eigenvalue weighted by molar-refractivity contribution is 5.93. The fourth-order valence-corrected chi connectivity index (χ4v) is 0.539. The number of rotatable bonds is 3. The zero-order valence-electron chi connectivity index (χ0n) is 7.29. The van der Waals surface area contributed by atoms with Crippen LogP contribution in [0.5, 0.6) is 0 Å². The molecule has 0 rings (SSSR count). The number of nitrogens with two attached hydrogens (primary N) is 1. The van der Waals surface area contributed by atoms with Gasteiger partial charge in [0.15, 0.2) is 0 Å². The predicted octanol–water partition coefficient (Wildman–Crippen LogP) is -1.17. The van der Waals surface area contributed by atoms with E-state index in [1.54, 1.807) is 13.8 Å². The topological polar surface area (TPSA) is 75.4 Å². The van der Waals surface area contributed by atoms with Crippen molar-refractivity contribution in [3.63, 3.8) is 0 Å². The van der Waals surface area contributed by atoms with Crippen molar-refractivity contribution in [3.05, 3.63) is 0 Å². The third-order valence-electron chi connectivity index (χ3n) is 1.36. The SMILES string of the molecule is CC#CC(=O)NCC(N)C(C)O. The van der Waals surface area contributed by atoms with E-state index in [0.29, 0.717) is 0 Å². The molecule has 0 fully saturated rings. The van der Waals surface area contributed by atoms with E-state index in [4.69, 9.17) is 10.8 Å². The summed E-state index contributed by atoms with van der Waals surface area (Å²) in [5.74, 6) is 4.39. The molecular formula is C8H14N2O2. The van der Waals surface area contributed by atoms with Gasteiger partial charge in [-0.3, -0.25) is 4.79 Å². The summed E-state index contributed by atoms with van der Waals surface area (Å²) in [6, 6.07) is -0.437. The summed E-state index contributed by atoms with van der Waals surface area (Å²) in [6.07, 6.45) is -0.625. The molecule has 68 valence electrons. The predicted molar refractivity (Wildman–Crippen MR) is 46.1 cm³/mol. The first-order chi connectivity index (χ1) is 5.57. The Hall–Kier alpha value is -1.05. The van der Waals surface area contributed by atoms with Gasteiger partial charge in [-0.15, -0.1) is 0 Å². The van der Waals surface area contributed by atoms with Crippen molar-refractivity contribution >= 4 is 5.91 Å². The van der Waals surface area contributed by atoms with E-state index in [-0.39, 0.29) is 12.5 Å². The molecule has 0 aliphatic rings. The van der Waals surface area contributed by atoms with E-state index in [0.717, 1.165) is 0 Å². The van der Waals surface area contributed by atoms with Crippen LogP contribution in [0.25, 0.3) is 0 Å². The van der Waals surface area contributed by atoms with Gasteiger partial charge in [0.2, 0.25) is 0 Å². The summed E-state index contributed by atoms with van der Waals surface area (Å²) >= 11 is 0. The lowest BCUT2D eigenvalue weighted by molar-refractivity contribution is -0.115. The molecule has 0 aromatic heterocycles. The van der Waals surface area contributed by atoms with E-state index in [9.17, 15) is 4.79 Å². The van der Waals surface area contributed by atoms with Gasteiger partial charge in [-0.1, -0.05) is 5.92 Å². The molecule has 0 radical (unpaired) electrons. The lowest BCUT2D eigenvalue weighted by Crippen LogP contribution is -2.43. The van der Waals surface area contributed by atoms with Crippen LogP contribution in [0.1, 0.15) is 13.8 Å². The maximum Gasteiger partial charge on any atom is 0.295 e. The van der Waals surface area contributed by atoms with Crippen molar-refractivity contribution in [2.24, 2.45) is 5.73 Å². The molecule has 0 heterocycles. The third kappa shape index (κ3) is 4.72. The molecule has 0 saturated carbocycles. The van der Waals surface area contributed by atoms with Crippen LogP contribution in [-0.2, 0) is 4.79 Å². The van der Waals surface area contributed by atoms with Crippen LogP contribution in [0.15, 0.2) is 0 Å². The van der Waals surface area contributed by atoms with E-state index >= 15 is 0 Å². The Balaban J connectivity index is 3.66. The van der Waals surface area contributed by atoms with Gasteiger partial charge in [0.1, 0.15) is 0 Å². The maximum atomic E-state index is 10.7. The minimum absolute atomic E-state index is 0.241. The van der Waals surface area contributed by atoms with Crippen molar-refractivity contribution in [1.82, 2.24) is 5.32 Å². The molecule has 4 heteroatoms. The molecule has 0 aromatic rings. The van der Waals surface area contributed by atoms with Crippen molar-refractivity contribution in [3.8, 4) is 11.8 Å². The monoisotopic (exact) mass is 170 g/mol. The van der Waals surface area contributed by atoms with Crippen molar-refractivity contribution in [1.29, 1.82) is 0 Å². The van der Waals surface area contributed by atoms with E-state index in [2.05, 4.69) is 17.2 Å².